The average molecular weight is 398 g/mol. The molecular weight excluding hydrogens is 371 g/mol. The molecule has 1 aromatic carbocycles. The van der Waals surface area contributed by atoms with Crippen LogP contribution >= 0.6 is 0 Å². The van der Waals surface area contributed by atoms with Crippen molar-refractivity contribution in [1.29, 1.82) is 0 Å². The first kappa shape index (κ1) is 19.6. The maximum Gasteiger partial charge on any atom is 0.274 e. The van der Waals surface area contributed by atoms with Crippen LogP contribution in [0, 0.1) is 11.7 Å². The number of nitrogens with zero attached hydrogens (tertiary/aromatic N) is 3. The largest absolute Gasteiger partial charge is 0.356 e. The number of nitrogens with one attached hydrogen (secondary N) is 1. The topological polar surface area (TPSA) is 67.2 Å². The second kappa shape index (κ2) is 8.35. The fourth-order valence-corrected chi connectivity index (χ4v) is 4.35. The average Bonchev–Trinajstić information content (AvgIpc) is 3.35. The molecule has 29 heavy (non-hydrogen) atoms. The van der Waals surface area contributed by atoms with Crippen LogP contribution in [0.2, 0.25) is 0 Å². The summed E-state index contributed by atoms with van der Waals surface area (Å²) in [5, 5.41) is 7.48. The van der Waals surface area contributed by atoms with Gasteiger partial charge in [-0.25, -0.2) is 9.07 Å². The molecule has 0 radical (unpaired) electrons. The summed E-state index contributed by atoms with van der Waals surface area (Å²) in [6.45, 7) is 3.71. The first-order valence-corrected chi connectivity index (χ1v) is 10.5. The first-order chi connectivity index (χ1) is 14.1. The van der Waals surface area contributed by atoms with Crippen LogP contribution in [0.4, 0.5) is 4.39 Å². The Labute approximate surface area is 170 Å². The number of para-hydroxylation sites is 1. The lowest BCUT2D eigenvalue weighted by atomic mass is 9.96. The van der Waals surface area contributed by atoms with E-state index in [4.69, 9.17) is 0 Å². The van der Waals surface area contributed by atoms with Gasteiger partial charge in [0.2, 0.25) is 5.91 Å². The molecule has 154 valence electrons. The van der Waals surface area contributed by atoms with Crippen molar-refractivity contribution >= 4 is 11.8 Å². The zero-order valence-corrected chi connectivity index (χ0v) is 16.8. The minimum Gasteiger partial charge on any atom is -0.356 e. The molecule has 1 fully saturated rings. The fourth-order valence-electron chi connectivity index (χ4n) is 4.35. The Bertz CT molecular complexity index is 924. The van der Waals surface area contributed by atoms with Gasteiger partial charge in [-0.3, -0.25) is 9.59 Å². The molecule has 0 bridgehead atoms. The molecule has 1 unspecified atom stereocenters. The van der Waals surface area contributed by atoms with Gasteiger partial charge in [0.05, 0.1) is 5.92 Å². The van der Waals surface area contributed by atoms with E-state index in [2.05, 4.69) is 10.4 Å². The lowest BCUT2D eigenvalue weighted by Gasteiger charge is -2.31. The number of fused-ring (bicyclic) bond motifs is 1. The number of halogens is 1. The summed E-state index contributed by atoms with van der Waals surface area (Å²) in [6.07, 6.45) is 4.98. The van der Waals surface area contributed by atoms with E-state index in [-0.39, 0.29) is 23.5 Å². The molecule has 0 spiro atoms. The van der Waals surface area contributed by atoms with Gasteiger partial charge in [0.15, 0.2) is 5.69 Å². The smallest absolute Gasteiger partial charge is 0.274 e. The van der Waals surface area contributed by atoms with Gasteiger partial charge in [-0.15, -0.1) is 0 Å². The van der Waals surface area contributed by atoms with Gasteiger partial charge < -0.3 is 10.2 Å². The molecule has 2 aliphatic rings. The molecule has 1 saturated heterocycles. The number of carbonyl (C=O) groups excluding carboxylic acids is 2. The van der Waals surface area contributed by atoms with Crippen molar-refractivity contribution in [3.05, 3.63) is 47.0 Å². The van der Waals surface area contributed by atoms with Crippen LogP contribution in [0.1, 0.15) is 54.4 Å². The van der Waals surface area contributed by atoms with E-state index in [1.54, 1.807) is 27.8 Å². The Morgan fingerprint density at radius 2 is 2.07 bits per heavy atom. The highest BCUT2D eigenvalue weighted by molar-refractivity contribution is 5.95. The van der Waals surface area contributed by atoms with Crippen LogP contribution < -0.4 is 5.32 Å². The van der Waals surface area contributed by atoms with E-state index in [9.17, 15) is 14.0 Å². The number of benzene rings is 1. The van der Waals surface area contributed by atoms with E-state index in [1.165, 1.54) is 6.07 Å². The molecule has 2 aromatic rings. The van der Waals surface area contributed by atoms with Crippen molar-refractivity contribution in [3.63, 3.8) is 0 Å². The van der Waals surface area contributed by atoms with Crippen molar-refractivity contribution in [2.45, 2.75) is 45.4 Å². The molecule has 1 aliphatic carbocycles. The summed E-state index contributed by atoms with van der Waals surface area (Å²) in [5.74, 6) is -0.659. The van der Waals surface area contributed by atoms with Crippen LogP contribution in [0.3, 0.4) is 0 Å². The molecule has 2 amide bonds. The van der Waals surface area contributed by atoms with E-state index in [1.807, 2.05) is 6.92 Å². The number of hydrogen-bond donors (Lipinski definition) is 1. The van der Waals surface area contributed by atoms with Crippen LogP contribution in [0.25, 0.3) is 5.69 Å². The van der Waals surface area contributed by atoms with Gasteiger partial charge in [-0.2, -0.15) is 5.10 Å². The minimum atomic E-state index is -0.352. The Kier molecular flexibility index (Phi) is 5.65. The third-order valence-electron chi connectivity index (χ3n) is 5.84. The van der Waals surface area contributed by atoms with Gasteiger partial charge in [0, 0.05) is 30.9 Å². The standard InChI is InChI=1S/C22H27FN4O2/c1-2-12-24-21(28)15-7-6-13-26(14-15)22(29)20-16-8-5-11-18(16)27(25-20)19-10-4-3-9-17(19)23/h3-4,9-10,15H,2,5-8,11-14H2,1H3,(H,24,28). The lowest BCUT2D eigenvalue weighted by Crippen LogP contribution is -2.45. The SMILES string of the molecule is CCCNC(=O)C1CCCN(C(=O)c2nn(-c3ccccc3F)c3c2CCC3)C1. The van der Waals surface area contributed by atoms with Crippen molar-refractivity contribution in [2.75, 3.05) is 19.6 Å². The second-order valence-electron chi connectivity index (χ2n) is 7.87. The summed E-state index contributed by atoms with van der Waals surface area (Å²) in [7, 11) is 0. The van der Waals surface area contributed by atoms with E-state index in [0.717, 1.165) is 49.8 Å². The minimum absolute atomic E-state index is 0.0199. The second-order valence-corrected chi connectivity index (χ2v) is 7.87. The van der Waals surface area contributed by atoms with E-state index in [0.29, 0.717) is 31.0 Å². The molecular formula is C22H27FN4O2. The highest BCUT2D eigenvalue weighted by Crippen LogP contribution is 2.30. The highest BCUT2D eigenvalue weighted by Gasteiger charge is 2.33. The van der Waals surface area contributed by atoms with Gasteiger partial charge in [-0.1, -0.05) is 19.1 Å². The molecule has 1 N–H and O–H groups in total. The van der Waals surface area contributed by atoms with Crippen molar-refractivity contribution < 1.29 is 14.0 Å². The number of aromatic nitrogens is 2. The van der Waals surface area contributed by atoms with Crippen LogP contribution in [-0.2, 0) is 17.6 Å². The molecule has 7 heteroatoms. The van der Waals surface area contributed by atoms with Crippen molar-refractivity contribution in [1.82, 2.24) is 20.0 Å². The molecule has 1 atom stereocenters. The summed E-state index contributed by atoms with van der Waals surface area (Å²) >= 11 is 0. The van der Waals surface area contributed by atoms with E-state index >= 15 is 0 Å². The summed E-state index contributed by atoms with van der Waals surface area (Å²) in [6, 6.07) is 6.51. The quantitative estimate of drug-likeness (QED) is 0.842. The van der Waals surface area contributed by atoms with Crippen LogP contribution in [-0.4, -0.2) is 46.1 Å². The number of likely N-dealkylation sites (tertiary alicyclic amines) is 1. The normalized spacial score (nSPS) is 18.6. The molecule has 4 rings (SSSR count). The predicted molar refractivity (Wildman–Crippen MR) is 107 cm³/mol. The Balaban J connectivity index is 1.59. The van der Waals surface area contributed by atoms with Gasteiger partial charge in [0.25, 0.3) is 5.91 Å². The zero-order chi connectivity index (χ0) is 20.4. The molecule has 6 nitrogen and oxygen atoms in total. The number of piperidine rings is 1. The van der Waals surface area contributed by atoms with E-state index < -0.39 is 0 Å². The summed E-state index contributed by atoms with van der Waals surface area (Å²) < 4.78 is 15.9. The van der Waals surface area contributed by atoms with Gasteiger partial charge in [-0.05, 0) is 50.7 Å². The maximum atomic E-state index is 14.4. The zero-order valence-electron chi connectivity index (χ0n) is 16.8. The Morgan fingerprint density at radius 1 is 1.24 bits per heavy atom. The van der Waals surface area contributed by atoms with Gasteiger partial charge >= 0.3 is 0 Å². The third-order valence-corrected chi connectivity index (χ3v) is 5.84. The number of hydrogen-bond acceptors (Lipinski definition) is 3. The fraction of sp³-hybridized carbons (Fsp3) is 0.500. The molecule has 1 aliphatic heterocycles. The predicted octanol–water partition coefficient (Wildman–Crippen LogP) is 2.88. The number of amides is 2. The molecule has 0 saturated carbocycles. The van der Waals surface area contributed by atoms with Gasteiger partial charge in [0.1, 0.15) is 11.5 Å². The first-order valence-electron chi connectivity index (χ1n) is 10.5. The van der Waals surface area contributed by atoms with Crippen LogP contribution in [0.15, 0.2) is 24.3 Å². The van der Waals surface area contributed by atoms with Crippen molar-refractivity contribution in [2.24, 2.45) is 5.92 Å². The Hall–Kier alpha value is -2.70. The van der Waals surface area contributed by atoms with Crippen LogP contribution in [0.5, 0.6) is 0 Å². The number of carbonyl (C=O) groups is 2. The summed E-state index contributed by atoms with van der Waals surface area (Å²) in [5.41, 5.74) is 2.64. The van der Waals surface area contributed by atoms with Crippen molar-refractivity contribution in [3.8, 4) is 5.69 Å². The third kappa shape index (κ3) is 3.78. The monoisotopic (exact) mass is 398 g/mol. The molecule has 1 aromatic heterocycles. The maximum absolute atomic E-state index is 14.4. The summed E-state index contributed by atoms with van der Waals surface area (Å²) in [4.78, 5) is 27.4. The highest BCUT2D eigenvalue weighted by atomic mass is 19.1. The Morgan fingerprint density at radius 3 is 2.86 bits per heavy atom. The molecule has 2 heterocycles. The number of rotatable bonds is 5. The lowest BCUT2D eigenvalue weighted by molar-refractivity contribution is -0.126.